The lowest BCUT2D eigenvalue weighted by Gasteiger charge is -2.43. The topological polar surface area (TPSA) is 125 Å². The number of aliphatic hydroxyl groups excluding tert-OH is 1. The van der Waals surface area contributed by atoms with Gasteiger partial charge in [0.2, 0.25) is 0 Å². The number of benzene rings is 4. The third-order valence-electron chi connectivity index (χ3n) is 9.33. The number of hydrogen-bond acceptors (Lipinski definition) is 7. The molecular weight excluding hydrogens is 669 g/mol. The van der Waals surface area contributed by atoms with Crippen molar-refractivity contribution in [3.05, 3.63) is 115 Å². The molecule has 50 heavy (non-hydrogen) atoms. The molecule has 1 unspecified atom stereocenters. The molecule has 1 atom stereocenters. The average molecular weight is 717 g/mol. The number of nitrogens with one attached hydrogen (secondary N) is 1. The predicted octanol–water partition coefficient (Wildman–Crippen LogP) is 5.11. The third-order valence-corrected chi connectivity index (χ3v) is 16.6. The summed E-state index contributed by atoms with van der Waals surface area (Å²) in [5.74, 6) is 1.40. The van der Waals surface area contributed by atoms with Crippen molar-refractivity contribution in [1.82, 2.24) is 10.2 Å². The van der Waals surface area contributed by atoms with Gasteiger partial charge in [0.15, 0.2) is 9.84 Å². The highest BCUT2D eigenvalue weighted by atomic mass is 32.2. The number of amides is 1. The van der Waals surface area contributed by atoms with Crippen molar-refractivity contribution in [2.45, 2.75) is 61.3 Å². The standard InChI is InChI=1S/C39H48N2O7SSi/c1-39(2,3)50(36-10-6-4-7-11-36,37-12-8-5-9-13-37)48-33-18-16-32(17-19-33)47-29-31(42)28-40-25-22-30-14-20-34(21-15-30)49(45,46)35-23-26-41(27-24-35)38(43)44/h4-21,31,35,40,42H,22-29H2,1-3H3,(H,43,44). The van der Waals surface area contributed by atoms with Crippen LogP contribution in [0.25, 0.3) is 0 Å². The minimum atomic E-state index is -3.52. The number of rotatable bonds is 14. The van der Waals surface area contributed by atoms with Crippen LogP contribution in [0.3, 0.4) is 0 Å². The maximum atomic E-state index is 13.1. The number of nitrogens with zero attached hydrogens (tertiary/aromatic N) is 1. The van der Waals surface area contributed by atoms with Crippen molar-refractivity contribution in [2.24, 2.45) is 0 Å². The van der Waals surface area contributed by atoms with E-state index in [2.05, 4.69) is 74.6 Å². The van der Waals surface area contributed by atoms with Gasteiger partial charge in [-0.05, 0) is 83.2 Å². The van der Waals surface area contributed by atoms with E-state index in [4.69, 9.17) is 14.3 Å². The maximum Gasteiger partial charge on any atom is 0.407 e. The van der Waals surface area contributed by atoms with E-state index in [0.717, 1.165) is 11.3 Å². The number of carbonyl (C=O) groups is 1. The minimum absolute atomic E-state index is 0.125. The zero-order chi connectivity index (χ0) is 35.8. The van der Waals surface area contributed by atoms with E-state index in [0.29, 0.717) is 38.1 Å². The van der Waals surface area contributed by atoms with Gasteiger partial charge in [-0.3, -0.25) is 0 Å². The van der Waals surface area contributed by atoms with Crippen molar-refractivity contribution in [3.63, 3.8) is 0 Å². The van der Waals surface area contributed by atoms with Crippen molar-refractivity contribution >= 4 is 34.6 Å². The summed E-state index contributed by atoms with van der Waals surface area (Å²) in [5.41, 5.74) is 0.975. The molecule has 0 spiro atoms. The molecule has 4 aromatic carbocycles. The van der Waals surface area contributed by atoms with Crippen LogP contribution in [0, 0.1) is 0 Å². The van der Waals surface area contributed by atoms with Gasteiger partial charge in [-0.2, -0.15) is 0 Å². The molecule has 3 N–H and O–H groups in total. The van der Waals surface area contributed by atoms with Gasteiger partial charge >= 0.3 is 14.4 Å². The van der Waals surface area contributed by atoms with Gasteiger partial charge in [-0.1, -0.05) is 93.6 Å². The molecule has 1 amide bonds. The van der Waals surface area contributed by atoms with Crippen LogP contribution in [0.2, 0.25) is 5.04 Å². The molecular formula is C39H48N2O7SSi. The van der Waals surface area contributed by atoms with Crippen LogP contribution in [0.4, 0.5) is 4.79 Å². The Bertz CT molecular complexity index is 1740. The van der Waals surface area contributed by atoms with Crippen LogP contribution in [-0.4, -0.2) is 82.1 Å². The molecule has 266 valence electrons. The second-order valence-electron chi connectivity index (χ2n) is 13.8. The summed E-state index contributed by atoms with van der Waals surface area (Å²) >= 11 is 0. The third kappa shape index (κ3) is 8.76. The molecule has 0 aliphatic carbocycles. The Morgan fingerprint density at radius 2 is 1.40 bits per heavy atom. The molecule has 1 fully saturated rings. The molecule has 0 radical (unpaired) electrons. The summed E-state index contributed by atoms with van der Waals surface area (Å²) in [6.07, 6.45) is -0.465. The van der Waals surface area contributed by atoms with E-state index in [-0.39, 0.29) is 29.6 Å². The summed E-state index contributed by atoms with van der Waals surface area (Å²) in [6.45, 7) is 8.26. The monoisotopic (exact) mass is 716 g/mol. The lowest BCUT2D eigenvalue weighted by Crippen LogP contribution is -2.68. The molecule has 4 aromatic rings. The number of hydrogen-bond donors (Lipinski definition) is 3. The minimum Gasteiger partial charge on any atom is -0.534 e. The normalized spacial score (nSPS) is 15.0. The fourth-order valence-corrected chi connectivity index (χ4v) is 12.7. The fraction of sp³-hybridized carbons (Fsp3) is 0.359. The Labute approximate surface area is 296 Å². The first-order valence-electron chi connectivity index (χ1n) is 17.1. The first-order valence-corrected chi connectivity index (χ1v) is 20.6. The molecule has 1 aliphatic rings. The van der Waals surface area contributed by atoms with Crippen LogP contribution in [0.15, 0.2) is 114 Å². The van der Waals surface area contributed by atoms with Gasteiger partial charge in [0.05, 0.1) is 10.1 Å². The highest BCUT2D eigenvalue weighted by Crippen LogP contribution is 2.38. The summed E-state index contributed by atoms with van der Waals surface area (Å²) in [4.78, 5) is 12.7. The van der Waals surface area contributed by atoms with Gasteiger partial charge in [0.25, 0.3) is 0 Å². The molecule has 11 heteroatoms. The van der Waals surface area contributed by atoms with E-state index in [1.165, 1.54) is 15.3 Å². The molecule has 0 bridgehead atoms. The molecule has 0 aromatic heterocycles. The lowest BCUT2D eigenvalue weighted by molar-refractivity contribution is 0.106. The SMILES string of the molecule is CC(C)(C)[Si](Oc1ccc(OCC(O)CNCCc2ccc(S(=O)(=O)C3CCN(C(=O)O)CC3)cc2)cc1)(c1ccccc1)c1ccccc1. The highest BCUT2D eigenvalue weighted by molar-refractivity contribution is 7.92. The van der Waals surface area contributed by atoms with E-state index in [9.17, 15) is 18.3 Å². The van der Waals surface area contributed by atoms with Crippen LogP contribution < -0.4 is 24.9 Å². The summed E-state index contributed by atoms with van der Waals surface area (Å²) in [5, 5.41) is 24.6. The smallest absolute Gasteiger partial charge is 0.407 e. The van der Waals surface area contributed by atoms with Gasteiger partial charge in [0.1, 0.15) is 24.2 Å². The predicted molar refractivity (Wildman–Crippen MR) is 199 cm³/mol. The highest BCUT2D eigenvalue weighted by Gasteiger charge is 2.52. The molecule has 9 nitrogen and oxygen atoms in total. The fourth-order valence-electron chi connectivity index (χ4n) is 6.58. The Morgan fingerprint density at radius 1 is 0.860 bits per heavy atom. The zero-order valence-electron chi connectivity index (χ0n) is 29.0. The second-order valence-corrected chi connectivity index (χ2v) is 20.3. The van der Waals surface area contributed by atoms with Gasteiger partial charge < -0.3 is 29.6 Å². The first-order chi connectivity index (χ1) is 23.9. The van der Waals surface area contributed by atoms with Crippen LogP contribution in [-0.2, 0) is 16.3 Å². The van der Waals surface area contributed by atoms with Crippen LogP contribution in [0.1, 0.15) is 39.2 Å². The lowest BCUT2D eigenvalue weighted by atomic mass is 10.1. The van der Waals surface area contributed by atoms with Crippen molar-refractivity contribution in [2.75, 3.05) is 32.8 Å². The Kier molecular flexibility index (Phi) is 12.1. The van der Waals surface area contributed by atoms with Crippen molar-refractivity contribution < 1.29 is 32.6 Å². The summed E-state index contributed by atoms with van der Waals surface area (Å²) in [7, 11) is -6.27. The largest absolute Gasteiger partial charge is 0.534 e. The number of carboxylic acid groups (broad SMARTS) is 1. The van der Waals surface area contributed by atoms with Gasteiger partial charge in [-0.15, -0.1) is 0 Å². The molecule has 1 heterocycles. The number of piperidine rings is 1. The van der Waals surface area contributed by atoms with Crippen LogP contribution in [0.5, 0.6) is 11.5 Å². The zero-order valence-corrected chi connectivity index (χ0v) is 30.8. The van der Waals surface area contributed by atoms with Crippen molar-refractivity contribution in [1.29, 1.82) is 0 Å². The Balaban J connectivity index is 1.09. The summed E-state index contributed by atoms with van der Waals surface area (Å²) < 4.78 is 39.1. The van der Waals surface area contributed by atoms with E-state index < -0.39 is 35.6 Å². The van der Waals surface area contributed by atoms with Crippen molar-refractivity contribution in [3.8, 4) is 11.5 Å². The molecule has 5 rings (SSSR count). The molecule has 1 saturated heterocycles. The van der Waals surface area contributed by atoms with Gasteiger partial charge in [0, 0.05) is 19.6 Å². The maximum absolute atomic E-state index is 13.1. The van der Waals surface area contributed by atoms with E-state index >= 15 is 0 Å². The second kappa shape index (κ2) is 16.2. The number of aliphatic hydroxyl groups is 1. The quantitative estimate of drug-likeness (QED) is 0.122. The molecule has 0 saturated carbocycles. The summed E-state index contributed by atoms with van der Waals surface area (Å²) in [6, 6.07) is 35.5. The number of ether oxygens (including phenoxy) is 1. The van der Waals surface area contributed by atoms with E-state index in [1.54, 1.807) is 12.1 Å². The Morgan fingerprint density at radius 3 is 1.92 bits per heavy atom. The number of sulfone groups is 1. The Hall–Kier alpha value is -4.16. The average Bonchev–Trinajstić information content (AvgIpc) is 3.12. The first kappa shape index (κ1) is 37.1. The van der Waals surface area contributed by atoms with Crippen LogP contribution >= 0.6 is 0 Å². The number of likely N-dealkylation sites (tertiary alicyclic amines) is 1. The molecule has 1 aliphatic heterocycles. The van der Waals surface area contributed by atoms with Gasteiger partial charge in [-0.25, -0.2) is 13.2 Å². The van der Waals surface area contributed by atoms with E-state index in [1.807, 2.05) is 48.5 Å².